The van der Waals surface area contributed by atoms with Crippen molar-refractivity contribution in [2.75, 3.05) is 0 Å². The molecule has 0 atom stereocenters. The Hall–Kier alpha value is -2.58. The van der Waals surface area contributed by atoms with Gasteiger partial charge >= 0.3 is 6.03 Å². The van der Waals surface area contributed by atoms with Gasteiger partial charge in [0.25, 0.3) is 5.91 Å². The minimum Gasteiger partial charge on any atom is -0.318 e. The van der Waals surface area contributed by atoms with Crippen LogP contribution in [0.4, 0.5) is 4.79 Å². The molecule has 30 heavy (non-hydrogen) atoms. The zero-order valence-electron chi connectivity index (χ0n) is 16.4. The van der Waals surface area contributed by atoms with Gasteiger partial charge in [-0.25, -0.2) is 4.79 Å². The van der Waals surface area contributed by atoms with Crippen LogP contribution >= 0.6 is 34.2 Å². The molecule has 5 nitrogen and oxygen atoms in total. The Labute approximate surface area is 193 Å². The van der Waals surface area contributed by atoms with E-state index in [-0.39, 0.29) is 18.1 Å². The number of urea groups is 1. The maximum atomic E-state index is 12.8. The largest absolute Gasteiger partial charge is 0.329 e. The standard InChI is InChI=1S/C23H19ClIN3O2/c1-14-10-17(15(2)28(14)20-5-3-4-19(25)12-20)11-21-22(29)27(23(30)26-21)13-16-6-8-18(24)9-7-16/h3-12H,13H2,1-2H3,(H,26,30)/b21-11-. The van der Waals surface area contributed by atoms with Crippen LogP contribution in [0.25, 0.3) is 11.8 Å². The summed E-state index contributed by atoms with van der Waals surface area (Å²) in [5.41, 5.74) is 5.12. The summed E-state index contributed by atoms with van der Waals surface area (Å²) in [6.45, 7) is 4.23. The van der Waals surface area contributed by atoms with Gasteiger partial charge in [-0.3, -0.25) is 9.69 Å². The topological polar surface area (TPSA) is 54.3 Å². The molecule has 0 aliphatic carbocycles. The SMILES string of the molecule is Cc1cc(/C=C2\NC(=O)N(Cc3ccc(Cl)cc3)C2=O)c(C)n1-c1cccc(I)c1. The molecule has 1 aliphatic rings. The van der Waals surface area contributed by atoms with Crippen molar-refractivity contribution in [1.29, 1.82) is 0 Å². The minimum atomic E-state index is -0.423. The first-order valence-electron chi connectivity index (χ1n) is 9.37. The van der Waals surface area contributed by atoms with E-state index in [1.54, 1.807) is 30.3 Å². The number of halogens is 2. The van der Waals surface area contributed by atoms with Crippen LogP contribution in [0.2, 0.25) is 5.02 Å². The maximum absolute atomic E-state index is 12.8. The predicted octanol–water partition coefficient (Wildman–Crippen LogP) is 5.45. The summed E-state index contributed by atoms with van der Waals surface area (Å²) in [7, 11) is 0. The third-order valence-electron chi connectivity index (χ3n) is 5.05. The van der Waals surface area contributed by atoms with Gasteiger partial charge in [0.05, 0.1) is 6.54 Å². The number of imide groups is 1. The van der Waals surface area contributed by atoms with Crippen molar-refractivity contribution in [3.8, 4) is 5.69 Å². The van der Waals surface area contributed by atoms with Gasteiger partial charge in [-0.15, -0.1) is 0 Å². The molecular formula is C23H19ClIN3O2. The summed E-state index contributed by atoms with van der Waals surface area (Å²) < 4.78 is 3.29. The summed E-state index contributed by atoms with van der Waals surface area (Å²) in [6.07, 6.45) is 1.74. The van der Waals surface area contributed by atoms with Crippen molar-refractivity contribution in [2.45, 2.75) is 20.4 Å². The number of hydrogen-bond acceptors (Lipinski definition) is 2. The molecule has 3 amide bonds. The molecule has 2 aromatic carbocycles. The zero-order valence-corrected chi connectivity index (χ0v) is 19.4. The monoisotopic (exact) mass is 531 g/mol. The van der Waals surface area contributed by atoms with Crippen molar-refractivity contribution in [2.24, 2.45) is 0 Å². The van der Waals surface area contributed by atoms with Crippen LogP contribution in [0, 0.1) is 17.4 Å². The van der Waals surface area contributed by atoms with Crippen LogP contribution in [-0.2, 0) is 11.3 Å². The molecule has 7 heteroatoms. The summed E-state index contributed by atoms with van der Waals surface area (Å²) >= 11 is 8.20. The van der Waals surface area contributed by atoms with E-state index in [9.17, 15) is 9.59 Å². The van der Waals surface area contributed by atoms with Gasteiger partial charge in [-0.05, 0) is 90.0 Å². The second kappa shape index (κ2) is 8.28. The predicted molar refractivity (Wildman–Crippen MR) is 126 cm³/mol. The number of aryl methyl sites for hydroxylation is 1. The van der Waals surface area contributed by atoms with Crippen molar-refractivity contribution >= 4 is 52.2 Å². The number of carbonyl (C=O) groups is 2. The van der Waals surface area contributed by atoms with Crippen molar-refractivity contribution in [3.63, 3.8) is 0 Å². The summed E-state index contributed by atoms with van der Waals surface area (Å²) in [5, 5.41) is 3.31. The molecule has 2 heterocycles. The van der Waals surface area contributed by atoms with Gasteiger partial charge < -0.3 is 9.88 Å². The average Bonchev–Trinajstić information content (AvgIpc) is 3.13. The fourth-order valence-corrected chi connectivity index (χ4v) is 4.24. The van der Waals surface area contributed by atoms with Gasteiger partial charge in [0.1, 0.15) is 5.70 Å². The summed E-state index contributed by atoms with van der Waals surface area (Å²) in [5.74, 6) is -0.339. The molecule has 3 aromatic rings. The van der Waals surface area contributed by atoms with Crippen LogP contribution < -0.4 is 5.32 Å². The highest BCUT2D eigenvalue weighted by atomic mass is 127. The molecule has 0 bridgehead atoms. The van der Waals surface area contributed by atoms with E-state index >= 15 is 0 Å². The van der Waals surface area contributed by atoms with Crippen LogP contribution in [0.1, 0.15) is 22.5 Å². The number of aromatic nitrogens is 1. The van der Waals surface area contributed by atoms with E-state index in [0.29, 0.717) is 5.02 Å². The molecule has 0 spiro atoms. The first kappa shape index (κ1) is 20.7. The molecule has 1 N–H and O–H groups in total. The minimum absolute atomic E-state index is 0.195. The van der Waals surface area contributed by atoms with Crippen molar-refractivity contribution in [3.05, 3.63) is 91.4 Å². The molecule has 1 aromatic heterocycles. The lowest BCUT2D eigenvalue weighted by Gasteiger charge is -2.11. The molecule has 0 saturated carbocycles. The molecular weight excluding hydrogens is 513 g/mol. The molecule has 1 fully saturated rings. The maximum Gasteiger partial charge on any atom is 0.329 e. The van der Waals surface area contributed by atoms with E-state index in [0.717, 1.165) is 31.8 Å². The highest BCUT2D eigenvalue weighted by Gasteiger charge is 2.33. The van der Waals surface area contributed by atoms with Gasteiger partial charge in [0.15, 0.2) is 0 Å². The number of rotatable bonds is 4. The zero-order chi connectivity index (χ0) is 21.4. The Kier molecular flexibility index (Phi) is 5.71. The quantitative estimate of drug-likeness (QED) is 0.277. The Bertz CT molecular complexity index is 1180. The molecule has 4 rings (SSSR count). The first-order chi connectivity index (χ1) is 14.3. The lowest BCUT2D eigenvalue weighted by Crippen LogP contribution is -2.30. The summed E-state index contributed by atoms with van der Waals surface area (Å²) in [6, 6.07) is 16.9. The second-order valence-electron chi connectivity index (χ2n) is 7.15. The van der Waals surface area contributed by atoms with E-state index in [2.05, 4.69) is 44.6 Å². The van der Waals surface area contributed by atoms with Gasteiger partial charge in [0, 0.05) is 25.7 Å². The third kappa shape index (κ3) is 4.02. The normalized spacial score (nSPS) is 15.2. The van der Waals surface area contributed by atoms with Crippen LogP contribution in [-0.4, -0.2) is 21.4 Å². The van der Waals surface area contributed by atoms with Gasteiger partial charge in [-0.2, -0.15) is 0 Å². The molecule has 1 saturated heterocycles. The Balaban J connectivity index is 1.62. The van der Waals surface area contributed by atoms with E-state index in [1.165, 1.54) is 4.90 Å². The second-order valence-corrected chi connectivity index (χ2v) is 8.83. The lowest BCUT2D eigenvalue weighted by atomic mass is 10.2. The number of benzene rings is 2. The highest BCUT2D eigenvalue weighted by Crippen LogP contribution is 2.25. The summed E-state index contributed by atoms with van der Waals surface area (Å²) in [4.78, 5) is 26.4. The molecule has 1 aliphatic heterocycles. The first-order valence-corrected chi connectivity index (χ1v) is 10.8. The average molecular weight is 532 g/mol. The van der Waals surface area contributed by atoms with Crippen molar-refractivity contribution < 1.29 is 9.59 Å². The smallest absolute Gasteiger partial charge is 0.318 e. The van der Waals surface area contributed by atoms with E-state index in [4.69, 9.17) is 11.6 Å². The Morgan fingerprint density at radius 1 is 1.07 bits per heavy atom. The number of hydrogen-bond donors (Lipinski definition) is 1. The van der Waals surface area contributed by atoms with E-state index < -0.39 is 6.03 Å². The van der Waals surface area contributed by atoms with E-state index in [1.807, 2.05) is 32.0 Å². The number of nitrogens with one attached hydrogen (secondary N) is 1. The van der Waals surface area contributed by atoms with Crippen LogP contribution in [0.15, 0.2) is 60.3 Å². The Morgan fingerprint density at radius 2 is 1.80 bits per heavy atom. The lowest BCUT2D eigenvalue weighted by molar-refractivity contribution is -0.123. The van der Waals surface area contributed by atoms with Crippen LogP contribution in [0.3, 0.4) is 0 Å². The Morgan fingerprint density at radius 3 is 2.50 bits per heavy atom. The van der Waals surface area contributed by atoms with Gasteiger partial charge in [0.2, 0.25) is 0 Å². The van der Waals surface area contributed by atoms with Crippen LogP contribution in [0.5, 0.6) is 0 Å². The molecule has 152 valence electrons. The number of carbonyl (C=O) groups excluding carboxylic acids is 2. The molecule has 0 radical (unpaired) electrons. The van der Waals surface area contributed by atoms with Gasteiger partial charge in [-0.1, -0.05) is 29.8 Å². The molecule has 0 unspecified atom stereocenters. The third-order valence-corrected chi connectivity index (χ3v) is 5.98. The highest BCUT2D eigenvalue weighted by molar-refractivity contribution is 14.1. The number of nitrogens with zero attached hydrogens (tertiary/aromatic N) is 2. The number of amides is 3. The fourth-order valence-electron chi connectivity index (χ4n) is 3.59. The fraction of sp³-hybridized carbons (Fsp3) is 0.130. The van der Waals surface area contributed by atoms with Crippen molar-refractivity contribution in [1.82, 2.24) is 14.8 Å².